The van der Waals surface area contributed by atoms with Gasteiger partial charge in [0.15, 0.2) is 5.13 Å². The van der Waals surface area contributed by atoms with Gasteiger partial charge in [0.25, 0.3) is 11.8 Å². The zero-order chi connectivity index (χ0) is 20.1. The Hall–Kier alpha value is -3.27. The number of aryl methyl sites for hydroxylation is 1. The van der Waals surface area contributed by atoms with Crippen molar-refractivity contribution < 1.29 is 19.5 Å². The van der Waals surface area contributed by atoms with E-state index in [0.717, 1.165) is 11.3 Å². The largest absolute Gasteiger partial charge is 0.481 e. The third kappa shape index (κ3) is 4.88. The Labute approximate surface area is 159 Å². The number of aliphatic carboxylic acids is 1. The van der Waals surface area contributed by atoms with Gasteiger partial charge >= 0.3 is 5.97 Å². The van der Waals surface area contributed by atoms with Crippen LogP contribution < -0.4 is 16.0 Å². The lowest BCUT2D eigenvalue weighted by molar-refractivity contribution is -0.136. The molecule has 0 saturated carbocycles. The number of amides is 2. The number of amidine groups is 1. The molecule has 0 bridgehead atoms. The second-order valence-electron chi connectivity index (χ2n) is 5.67. The maximum absolute atomic E-state index is 12.6. The maximum Gasteiger partial charge on any atom is 0.305 e. The van der Waals surface area contributed by atoms with Crippen LogP contribution in [0.15, 0.2) is 24.3 Å². The molecule has 27 heavy (non-hydrogen) atoms. The molecule has 5 N–H and O–H groups in total. The minimum Gasteiger partial charge on any atom is -0.481 e. The van der Waals surface area contributed by atoms with Crippen LogP contribution in [0, 0.1) is 12.3 Å². The Kier molecular flexibility index (Phi) is 6.24. The van der Waals surface area contributed by atoms with E-state index in [-0.39, 0.29) is 24.7 Å². The zero-order valence-corrected chi connectivity index (χ0v) is 15.6. The highest BCUT2D eigenvalue weighted by molar-refractivity contribution is 7.17. The highest BCUT2D eigenvalue weighted by atomic mass is 32.1. The van der Waals surface area contributed by atoms with Gasteiger partial charge in [0, 0.05) is 24.7 Å². The second-order valence-corrected chi connectivity index (χ2v) is 6.64. The van der Waals surface area contributed by atoms with Gasteiger partial charge in [-0.15, -0.1) is 0 Å². The Morgan fingerprint density at radius 1 is 1.26 bits per heavy atom. The first-order valence-electron chi connectivity index (χ1n) is 7.90. The lowest BCUT2D eigenvalue weighted by Crippen LogP contribution is -2.26. The third-order valence-electron chi connectivity index (χ3n) is 3.65. The van der Waals surface area contributed by atoms with Crippen LogP contribution in [0.4, 0.5) is 5.13 Å². The number of anilines is 1. The number of nitrogens with two attached hydrogens (primary N) is 1. The van der Waals surface area contributed by atoms with E-state index >= 15 is 0 Å². The number of nitrogens with one attached hydrogen (secondary N) is 2. The number of rotatable bonds is 7. The number of carbonyl (C=O) groups is 3. The van der Waals surface area contributed by atoms with Crippen molar-refractivity contribution in [3.63, 3.8) is 0 Å². The van der Waals surface area contributed by atoms with E-state index in [4.69, 9.17) is 16.2 Å². The summed E-state index contributed by atoms with van der Waals surface area (Å²) in [6.07, 6.45) is -0.176. The Balaban J connectivity index is 2.13. The standard InChI is InChI=1S/C17H19N5O4S/c1-9-13(15(25)20-8-7-12(23)24)27-17(21-9)22(2)16(26)11-5-3-10(4-6-11)14(18)19/h3-6H,7-8H2,1-2H3,(H3,18,19)(H,20,25)(H,23,24). The van der Waals surface area contributed by atoms with Crippen LogP contribution in [0.2, 0.25) is 0 Å². The van der Waals surface area contributed by atoms with Crippen LogP contribution in [0.3, 0.4) is 0 Å². The van der Waals surface area contributed by atoms with E-state index in [0.29, 0.717) is 26.8 Å². The predicted octanol–water partition coefficient (Wildman–Crippen LogP) is 1.22. The number of thiazole rings is 1. The molecule has 1 aromatic carbocycles. The van der Waals surface area contributed by atoms with Gasteiger partial charge in [0.1, 0.15) is 10.7 Å². The Morgan fingerprint density at radius 3 is 2.41 bits per heavy atom. The number of aromatic nitrogens is 1. The summed E-state index contributed by atoms with van der Waals surface area (Å²) in [5, 5.41) is 18.9. The highest BCUT2D eigenvalue weighted by Crippen LogP contribution is 2.26. The molecule has 2 rings (SSSR count). The lowest BCUT2D eigenvalue weighted by Gasteiger charge is -2.14. The second kappa shape index (κ2) is 8.41. The SMILES string of the molecule is Cc1nc(N(C)C(=O)c2ccc(C(=N)N)cc2)sc1C(=O)NCCC(=O)O. The summed E-state index contributed by atoms with van der Waals surface area (Å²) >= 11 is 1.05. The third-order valence-corrected chi connectivity index (χ3v) is 4.88. The molecule has 0 saturated heterocycles. The van der Waals surface area contributed by atoms with E-state index < -0.39 is 11.9 Å². The van der Waals surface area contributed by atoms with Crippen LogP contribution in [0.5, 0.6) is 0 Å². The van der Waals surface area contributed by atoms with Gasteiger partial charge in [-0.3, -0.25) is 24.7 Å². The molecule has 1 heterocycles. The molecular weight excluding hydrogens is 370 g/mol. The smallest absolute Gasteiger partial charge is 0.305 e. The summed E-state index contributed by atoms with van der Waals surface area (Å²) in [6, 6.07) is 6.29. The fourth-order valence-corrected chi connectivity index (χ4v) is 3.12. The zero-order valence-electron chi connectivity index (χ0n) is 14.8. The minimum atomic E-state index is -1.00. The normalized spacial score (nSPS) is 10.3. The van der Waals surface area contributed by atoms with Crippen molar-refractivity contribution in [3.05, 3.63) is 46.0 Å². The number of carbonyl (C=O) groups excluding carboxylic acids is 2. The maximum atomic E-state index is 12.6. The first-order chi connectivity index (χ1) is 12.7. The van der Waals surface area contributed by atoms with Gasteiger partial charge in [-0.2, -0.15) is 0 Å². The molecule has 0 unspecified atom stereocenters. The molecule has 0 atom stereocenters. The lowest BCUT2D eigenvalue weighted by atomic mass is 10.1. The molecule has 1 aromatic heterocycles. The summed E-state index contributed by atoms with van der Waals surface area (Å²) in [5.74, 6) is -1.84. The molecule has 142 valence electrons. The van der Waals surface area contributed by atoms with Crippen molar-refractivity contribution in [2.24, 2.45) is 5.73 Å². The van der Waals surface area contributed by atoms with E-state index in [1.54, 1.807) is 38.2 Å². The number of carboxylic acids is 1. The first-order valence-corrected chi connectivity index (χ1v) is 8.72. The van der Waals surface area contributed by atoms with Gasteiger partial charge in [-0.25, -0.2) is 4.98 Å². The van der Waals surface area contributed by atoms with E-state index in [1.165, 1.54) is 4.90 Å². The van der Waals surface area contributed by atoms with Crippen LogP contribution in [0.25, 0.3) is 0 Å². The number of carboxylic acid groups (broad SMARTS) is 1. The molecule has 0 spiro atoms. The van der Waals surface area contributed by atoms with E-state index in [9.17, 15) is 14.4 Å². The van der Waals surface area contributed by atoms with Gasteiger partial charge in [0.05, 0.1) is 12.1 Å². The molecule has 0 aliphatic rings. The summed E-state index contributed by atoms with van der Waals surface area (Å²) in [6.45, 7) is 1.66. The monoisotopic (exact) mass is 389 g/mol. The minimum absolute atomic E-state index is 0.0120. The quantitative estimate of drug-likeness (QED) is 0.413. The van der Waals surface area contributed by atoms with Gasteiger partial charge in [0.2, 0.25) is 0 Å². The van der Waals surface area contributed by atoms with Crippen LogP contribution >= 0.6 is 11.3 Å². The first kappa shape index (κ1) is 20.0. The van der Waals surface area contributed by atoms with Gasteiger partial charge < -0.3 is 16.2 Å². The molecule has 9 nitrogen and oxygen atoms in total. The van der Waals surface area contributed by atoms with Crippen LogP contribution in [-0.4, -0.2) is 47.3 Å². The van der Waals surface area contributed by atoms with Crippen LogP contribution in [0.1, 0.15) is 37.7 Å². The molecule has 0 aliphatic heterocycles. The van der Waals surface area contributed by atoms with Gasteiger partial charge in [-0.1, -0.05) is 23.5 Å². The molecule has 0 aliphatic carbocycles. The van der Waals surface area contributed by atoms with Crippen molar-refractivity contribution in [1.29, 1.82) is 5.41 Å². The van der Waals surface area contributed by atoms with E-state index in [2.05, 4.69) is 10.3 Å². The van der Waals surface area contributed by atoms with Crippen molar-refractivity contribution in [1.82, 2.24) is 10.3 Å². The van der Waals surface area contributed by atoms with Crippen molar-refractivity contribution in [3.8, 4) is 0 Å². The van der Waals surface area contributed by atoms with Crippen molar-refractivity contribution in [2.45, 2.75) is 13.3 Å². The fourth-order valence-electron chi connectivity index (χ4n) is 2.17. The highest BCUT2D eigenvalue weighted by Gasteiger charge is 2.21. The average molecular weight is 389 g/mol. The fraction of sp³-hybridized carbons (Fsp3) is 0.235. The number of benzene rings is 1. The van der Waals surface area contributed by atoms with Gasteiger partial charge in [-0.05, 0) is 19.1 Å². The predicted molar refractivity (Wildman–Crippen MR) is 102 cm³/mol. The summed E-state index contributed by atoms with van der Waals surface area (Å²) in [7, 11) is 1.55. The summed E-state index contributed by atoms with van der Waals surface area (Å²) in [4.78, 5) is 41.2. The van der Waals surface area contributed by atoms with Crippen molar-refractivity contribution >= 4 is 40.1 Å². The molecule has 0 radical (unpaired) electrons. The molecule has 0 fully saturated rings. The molecule has 2 amide bonds. The molecule has 2 aromatic rings. The summed E-state index contributed by atoms with van der Waals surface area (Å²) in [5.41, 5.74) is 6.76. The number of hydrogen-bond donors (Lipinski definition) is 4. The number of nitrogen functional groups attached to an aromatic ring is 1. The number of nitrogens with zero attached hydrogens (tertiary/aromatic N) is 2. The topological polar surface area (TPSA) is 149 Å². The molecule has 10 heteroatoms. The van der Waals surface area contributed by atoms with Crippen molar-refractivity contribution in [2.75, 3.05) is 18.5 Å². The summed E-state index contributed by atoms with van der Waals surface area (Å²) < 4.78 is 0. The Bertz CT molecular complexity index is 891. The Morgan fingerprint density at radius 2 is 1.85 bits per heavy atom. The average Bonchev–Trinajstić information content (AvgIpc) is 3.02. The van der Waals surface area contributed by atoms with Crippen LogP contribution in [-0.2, 0) is 4.79 Å². The number of hydrogen-bond acceptors (Lipinski definition) is 6. The molecular formula is C17H19N5O4S. The van der Waals surface area contributed by atoms with E-state index in [1.807, 2.05) is 0 Å².